The molecule has 0 bridgehead atoms. The Hall–Kier alpha value is -2.69. The second-order valence-electron chi connectivity index (χ2n) is 6.21. The number of benzene rings is 2. The summed E-state index contributed by atoms with van der Waals surface area (Å²) in [5.74, 6) is -0.796. The van der Waals surface area contributed by atoms with Gasteiger partial charge in [0, 0.05) is 5.69 Å². The number of carbonyl (C=O) groups excluding carboxylic acids is 2. The zero-order valence-corrected chi connectivity index (χ0v) is 15.4. The van der Waals surface area contributed by atoms with E-state index in [0.29, 0.717) is 23.9 Å². The van der Waals surface area contributed by atoms with Crippen molar-refractivity contribution in [2.75, 3.05) is 10.2 Å². The Bertz CT molecular complexity index is 924. The fourth-order valence-electron chi connectivity index (χ4n) is 2.62. The largest absolute Gasteiger partial charge is 0.416 e. The van der Waals surface area contributed by atoms with Gasteiger partial charge in [-0.3, -0.25) is 9.59 Å². The van der Waals surface area contributed by atoms with E-state index in [4.69, 9.17) is 0 Å². The molecule has 0 aromatic heterocycles. The molecule has 0 aliphatic carbocycles. The summed E-state index contributed by atoms with van der Waals surface area (Å²) < 4.78 is 77.8. The molecule has 1 heterocycles. The van der Waals surface area contributed by atoms with Crippen molar-refractivity contribution in [1.82, 2.24) is 0 Å². The highest BCUT2D eigenvalue weighted by Gasteiger charge is 2.42. The van der Waals surface area contributed by atoms with Gasteiger partial charge in [-0.2, -0.15) is 26.3 Å². The van der Waals surface area contributed by atoms with Crippen LogP contribution in [0.4, 0.5) is 42.5 Å². The van der Waals surface area contributed by atoms with Crippen molar-refractivity contribution < 1.29 is 35.9 Å². The first-order valence-electron chi connectivity index (χ1n) is 8.03. The molecule has 29 heavy (non-hydrogen) atoms. The third-order valence-corrected chi connectivity index (χ3v) is 4.96. The molecule has 4 nitrogen and oxygen atoms in total. The maximum absolute atomic E-state index is 13.0. The molecule has 2 aromatic carbocycles. The van der Waals surface area contributed by atoms with Crippen molar-refractivity contribution in [3.05, 3.63) is 59.2 Å². The minimum absolute atomic E-state index is 0.0153. The molecule has 2 amide bonds. The number of amides is 2. The number of nitrogens with one attached hydrogen (secondary N) is 1. The van der Waals surface area contributed by atoms with Gasteiger partial charge in [0.25, 0.3) is 11.1 Å². The van der Waals surface area contributed by atoms with E-state index in [1.54, 1.807) is 19.1 Å². The maximum Gasteiger partial charge on any atom is 0.416 e. The van der Waals surface area contributed by atoms with Crippen LogP contribution >= 0.6 is 11.8 Å². The number of imide groups is 1. The molecule has 0 spiro atoms. The van der Waals surface area contributed by atoms with Gasteiger partial charge in [-0.1, -0.05) is 17.7 Å². The lowest BCUT2D eigenvalue weighted by molar-refractivity contribution is -0.143. The van der Waals surface area contributed by atoms with E-state index in [0.717, 1.165) is 10.5 Å². The van der Waals surface area contributed by atoms with Gasteiger partial charge in [0.15, 0.2) is 5.37 Å². The molecule has 1 atom stereocenters. The Morgan fingerprint density at radius 3 is 1.90 bits per heavy atom. The number of carbonyl (C=O) groups is 2. The quantitative estimate of drug-likeness (QED) is 0.633. The minimum atomic E-state index is -5.02. The van der Waals surface area contributed by atoms with Gasteiger partial charge >= 0.3 is 12.4 Å². The van der Waals surface area contributed by atoms with E-state index in [-0.39, 0.29) is 11.8 Å². The number of halogens is 6. The van der Waals surface area contributed by atoms with Crippen LogP contribution < -0.4 is 10.2 Å². The molecule has 3 rings (SSSR count). The summed E-state index contributed by atoms with van der Waals surface area (Å²) in [6.45, 7) is 1.79. The second-order valence-corrected chi connectivity index (χ2v) is 7.27. The number of alkyl halides is 6. The Kier molecular flexibility index (Phi) is 5.28. The molecule has 1 aliphatic heterocycles. The number of nitrogens with zero attached hydrogens (tertiary/aromatic N) is 1. The van der Waals surface area contributed by atoms with E-state index in [9.17, 15) is 35.9 Å². The first-order chi connectivity index (χ1) is 13.4. The van der Waals surface area contributed by atoms with Crippen LogP contribution in [-0.2, 0) is 17.1 Å². The molecule has 0 radical (unpaired) electrons. The van der Waals surface area contributed by atoms with E-state index in [2.05, 4.69) is 5.32 Å². The summed E-state index contributed by atoms with van der Waals surface area (Å²) in [6.07, 6.45) is -10.0. The van der Waals surface area contributed by atoms with Crippen LogP contribution in [0.25, 0.3) is 0 Å². The molecule has 154 valence electrons. The average molecular weight is 434 g/mol. The van der Waals surface area contributed by atoms with E-state index in [1.165, 1.54) is 12.1 Å². The predicted molar refractivity (Wildman–Crippen MR) is 95.5 cm³/mol. The topological polar surface area (TPSA) is 49.4 Å². The summed E-state index contributed by atoms with van der Waals surface area (Å²) in [5, 5.41) is 0.246. The molecule has 2 aromatic rings. The minimum Gasteiger partial charge on any atom is -0.365 e. The van der Waals surface area contributed by atoms with Crippen molar-refractivity contribution in [2.24, 2.45) is 0 Å². The molecular weight excluding hydrogens is 422 g/mol. The standard InChI is InChI=1S/C18H12F6N2O2S/c1-9-2-4-13(5-3-9)26-15(27)14(29-16(26)28)25-12-7-10(17(19,20)21)6-11(8-12)18(22,23)24/h2-8,14,25H,1H3. The Labute approximate surface area is 164 Å². The third kappa shape index (κ3) is 4.50. The molecule has 1 saturated heterocycles. The van der Waals surface area contributed by atoms with Crippen LogP contribution in [0, 0.1) is 6.92 Å². The average Bonchev–Trinajstić information content (AvgIpc) is 2.88. The molecule has 1 aliphatic rings. The highest BCUT2D eigenvalue weighted by atomic mass is 32.2. The van der Waals surface area contributed by atoms with E-state index < -0.39 is 45.7 Å². The normalized spacial score (nSPS) is 17.8. The number of hydrogen-bond donors (Lipinski definition) is 1. The van der Waals surface area contributed by atoms with Crippen molar-refractivity contribution in [3.63, 3.8) is 0 Å². The van der Waals surface area contributed by atoms with Crippen LogP contribution in [0.2, 0.25) is 0 Å². The zero-order chi connectivity index (χ0) is 21.6. The molecule has 1 N–H and O–H groups in total. The highest BCUT2D eigenvalue weighted by Crippen LogP contribution is 2.39. The SMILES string of the molecule is Cc1ccc(N2C(=O)SC(Nc3cc(C(F)(F)F)cc(C(F)(F)F)c3)C2=O)cc1. The fraction of sp³-hybridized carbons (Fsp3) is 0.222. The molecule has 1 fully saturated rings. The number of aryl methyl sites for hydroxylation is 1. The van der Waals surface area contributed by atoms with Gasteiger partial charge in [0.2, 0.25) is 0 Å². The summed E-state index contributed by atoms with van der Waals surface area (Å²) in [4.78, 5) is 25.6. The number of hydrogen-bond acceptors (Lipinski definition) is 4. The van der Waals surface area contributed by atoms with Gasteiger partial charge in [-0.25, -0.2) is 4.90 Å². The van der Waals surface area contributed by atoms with Crippen LogP contribution in [0.5, 0.6) is 0 Å². The number of rotatable bonds is 3. The summed E-state index contributed by atoms with van der Waals surface area (Å²) >= 11 is 0.466. The molecule has 11 heteroatoms. The van der Waals surface area contributed by atoms with Gasteiger partial charge in [-0.15, -0.1) is 0 Å². The smallest absolute Gasteiger partial charge is 0.365 e. The van der Waals surface area contributed by atoms with Crippen molar-refractivity contribution in [3.8, 4) is 0 Å². The molecule has 0 saturated carbocycles. The van der Waals surface area contributed by atoms with E-state index >= 15 is 0 Å². The summed E-state index contributed by atoms with van der Waals surface area (Å²) in [5.41, 5.74) is -2.49. The Morgan fingerprint density at radius 1 is 0.897 bits per heavy atom. The van der Waals surface area contributed by atoms with Crippen molar-refractivity contribution in [2.45, 2.75) is 24.7 Å². The van der Waals surface area contributed by atoms with Crippen LogP contribution in [0.3, 0.4) is 0 Å². The van der Waals surface area contributed by atoms with Crippen LogP contribution in [0.1, 0.15) is 16.7 Å². The van der Waals surface area contributed by atoms with Crippen LogP contribution in [-0.4, -0.2) is 16.5 Å². The monoisotopic (exact) mass is 434 g/mol. The molecular formula is C18H12F6N2O2S. The lowest BCUT2D eigenvalue weighted by Crippen LogP contribution is -2.34. The van der Waals surface area contributed by atoms with Crippen molar-refractivity contribution >= 4 is 34.3 Å². The lowest BCUT2D eigenvalue weighted by Gasteiger charge is -2.18. The lowest BCUT2D eigenvalue weighted by atomic mass is 10.1. The number of anilines is 2. The predicted octanol–water partition coefficient (Wildman–Crippen LogP) is 5.67. The van der Waals surface area contributed by atoms with Crippen molar-refractivity contribution in [1.29, 1.82) is 0 Å². The Balaban J connectivity index is 1.91. The van der Waals surface area contributed by atoms with E-state index in [1.807, 2.05) is 0 Å². The first kappa shape index (κ1) is 21.0. The second kappa shape index (κ2) is 7.29. The maximum atomic E-state index is 13.0. The number of thioether (sulfide) groups is 1. The highest BCUT2D eigenvalue weighted by molar-refractivity contribution is 8.16. The van der Waals surface area contributed by atoms with Gasteiger partial charge in [-0.05, 0) is 49.0 Å². The van der Waals surface area contributed by atoms with Crippen LogP contribution in [0.15, 0.2) is 42.5 Å². The fourth-order valence-corrected chi connectivity index (χ4v) is 3.52. The van der Waals surface area contributed by atoms with Gasteiger partial charge in [0.1, 0.15) is 0 Å². The molecule has 1 unspecified atom stereocenters. The zero-order valence-electron chi connectivity index (χ0n) is 14.6. The Morgan fingerprint density at radius 2 is 1.41 bits per heavy atom. The van der Waals surface area contributed by atoms with Gasteiger partial charge < -0.3 is 5.32 Å². The first-order valence-corrected chi connectivity index (χ1v) is 8.91. The van der Waals surface area contributed by atoms with Gasteiger partial charge in [0.05, 0.1) is 16.8 Å². The summed E-state index contributed by atoms with van der Waals surface area (Å²) in [6, 6.07) is 7.25. The third-order valence-electron chi connectivity index (χ3n) is 4.02. The summed E-state index contributed by atoms with van der Waals surface area (Å²) in [7, 11) is 0.